The molecule has 2 aromatic carbocycles. The van der Waals surface area contributed by atoms with Gasteiger partial charge in [0.2, 0.25) is 0 Å². The first-order chi connectivity index (χ1) is 9.52. The predicted octanol–water partition coefficient (Wildman–Crippen LogP) is 4.71. The van der Waals surface area contributed by atoms with E-state index in [4.69, 9.17) is 0 Å². The lowest BCUT2D eigenvalue weighted by Gasteiger charge is -2.20. The second-order valence-electron chi connectivity index (χ2n) is 5.09. The fourth-order valence-electron chi connectivity index (χ4n) is 2.49. The molecule has 106 valence electrons. The van der Waals surface area contributed by atoms with Crippen LogP contribution in [0.5, 0.6) is 0 Å². The topological polar surface area (TPSA) is 12.0 Å². The average molecular weight is 336 g/mol. The molecule has 0 bridgehead atoms. The molecule has 0 aliphatic rings. The van der Waals surface area contributed by atoms with Crippen molar-refractivity contribution in [2.45, 2.75) is 26.3 Å². The van der Waals surface area contributed by atoms with E-state index in [0.29, 0.717) is 4.47 Å². The molecule has 0 spiro atoms. The second-order valence-corrected chi connectivity index (χ2v) is 5.94. The Morgan fingerprint density at radius 2 is 1.80 bits per heavy atom. The van der Waals surface area contributed by atoms with Gasteiger partial charge in [-0.2, -0.15) is 0 Å². The summed E-state index contributed by atoms with van der Waals surface area (Å²) in [6.07, 6.45) is 0.857. The van der Waals surface area contributed by atoms with Gasteiger partial charge in [-0.3, -0.25) is 0 Å². The molecular weight excluding hydrogens is 317 g/mol. The predicted molar refractivity (Wildman–Crippen MR) is 85.5 cm³/mol. The van der Waals surface area contributed by atoms with Crippen molar-refractivity contribution >= 4 is 15.9 Å². The maximum absolute atomic E-state index is 13.7. The zero-order chi connectivity index (χ0) is 14.7. The number of benzene rings is 2. The minimum Gasteiger partial charge on any atom is -0.313 e. The van der Waals surface area contributed by atoms with Crippen molar-refractivity contribution in [1.82, 2.24) is 5.32 Å². The minimum atomic E-state index is -0.218. The maximum Gasteiger partial charge on any atom is 0.137 e. The highest BCUT2D eigenvalue weighted by molar-refractivity contribution is 9.10. The third kappa shape index (κ3) is 3.28. The first-order valence-corrected chi connectivity index (χ1v) is 7.49. The maximum atomic E-state index is 13.7. The first kappa shape index (κ1) is 15.2. The van der Waals surface area contributed by atoms with Gasteiger partial charge >= 0.3 is 0 Å². The quantitative estimate of drug-likeness (QED) is 0.853. The van der Waals surface area contributed by atoms with Crippen molar-refractivity contribution in [3.63, 3.8) is 0 Å². The van der Waals surface area contributed by atoms with Gasteiger partial charge in [-0.25, -0.2) is 4.39 Å². The van der Waals surface area contributed by atoms with E-state index in [1.165, 1.54) is 16.7 Å². The third-order valence-corrected chi connectivity index (χ3v) is 4.39. The smallest absolute Gasteiger partial charge is 0.137 e. The number of nitrogens with one attached hydrogen (secondary N) is 1. The van der Waals surface area contributed by atoms with Crippen LogP contribution in [0.25, 0.3) is 0 Å². The first-order valence-electron chi connectivity index (χ1n) is 6.70. The normalized spacial score (nSPS) is 12.4. The van der Waals surface area contributed by atoms with Crippen LogP contribution in [0, 0.1) is 19.7 Å². The van der Waals surface area contributed by atoms with Crippen LogP contribution in [0.4, 0.5) is 4.39 Å². The van der Waals surface area contributed by atoms with E-state index >= 15 is 0 Å². The number of likely N-dealkylation sites (N-methyl/N-ethyl adjacent to an activating group) is 1. The van der Waals surface area contributed by atoms with Crippen molar-refractivity contribution in [3.8, 4) is 0 Å². The zero-order valence-corrected chi connectivity index (χ0v) is 13.6. The van der Waals surface area contributed by atoms with Crippen molar-refractivity contribution in [3.05, 3.63) is 68.9 Å². The lowest BCUT2D eigenvalue weighted by atomic mass is 9.93. The van der Waals surface area contributed by atoms with Gasteiger partial charge in [0.15, 0.2) is 0 Å². The summed E-state index contributed by atoms with van der Waals surface area (Å²) in [5.74, 6) is -0.218. The molecule has 0 aliphatic carbocycles. The summed E-state index contributed by atoms with van der Waals surface area (Å²) in [6.45, 7) is 4.24. The molecule has 1 unspecified atom stereocenters. The number of halogens is 2. The molecule has 3 heteroatoms. The van der Waals surface area contributed by atoms with E-state index in [-0.39, 0.29) is 11.9 Å². The Bertz CT molecular complexity index is 590. The van der Waals surface area contributed by atoms with Crippen LogP contribution in [0.1, 0.15) is 28.3 Å². The number of hydrogen-bond acceptors (Lipinski definition) is 1. The van der Waals surface area contributed by atoms with Crippen LogP contribution >= 0.6 is 15.9 Å². The number of hydrogen-bond donors (Lipinski definition) is 1. The van der Waals surface area contributed by atoms with Crippen molar-refractivity contribution in [1.29, 1.82) is 0 Å². The largest absolute Gasteiger partial charge is 0.313 e. The molecule has 0 fully saturated rings. The van der Waals surface area contributed by atoms with E-state index in [1.807, 2.05) is 13.1 Å². The van der Waals surface area contributed by atoms with Crippen LogP contribution < -0.4 is 5.32 Å². The minimum absolute atomic E-state index is 0.109. The molecule has 0 heterocycles. The molecule has 0 saturated carbocycles. The van der Waals surface area contributed by atoms with Gasteiger partial charge in [0.25, 0.3) is 0 Å². The van der Waals surface area contributed by atoms with E-state index in [9.17, 15) is 4.39 Å². The van der Waals surface area contributed by atoms with Gasteiger partial charge in [-0.15, -0.1) is 0 Å². The molecule has 0 saturated heterocycles. The van der Waals surface area contributed by atoms with E-state index in [0.717, 1.165) is 12.0 Å². The Hall–Kier alpha value is -1.19. The van der Waals surface area contributed by atoms with Crippen molar-refractivity contribution in [2.75, 3.05) is 7.05 Å². The van der Waals surface area contributed by atoms with Crippen molar-refractivity contribution in [2.24, 2.45) is 0 Å². The Balaban J connectivity index is 2.31. The van der Waals surface area contributed by atoms with Gasteiger partial charge in [-0.1, -0.05) is 24.3 Å². The van der Waals surface area contributed by atoms with Gasteiger partial charge in [-0.05, 0) is 77.6 Å². The van der Waals surface area contributed by atoms with Crippen LogP contribution in [-0.4, -0.2) is 7.05 Å². The summed E-state index contributed by atoms with van der Waals surface area (Å²) in [5.41, 5.74) is 4.86. The molecule has 0 amide bonds. The van der Waals surface area contributed by atoms with Crippen LogP contribution in [0.15, 0.2) is 40.9 Å². The molecule has 2 rings (SSSR count). The Kier molecular flexibility index (Phi) is 4.95. The number of aryl methyl sites for hydroxylation is 2. The highest BCUT2D eigenvalue weighted by Gasteiger charge is 2.14. The third-order valence-electron chi connectivity index (χ3n) is 3.75. The fourth-order valence-corrected chi connectivity index (χ4v) is 2.74. The highest BCUT2D eigenvalue weighted by Crippen LogP contribution is 2.25. The molecule has 0 aliphatic heterocycles. The van der Waals surface area contributed by atoms with E-state index in [1.54, 1.807) is 12.1 Å². The Labute approximate surface area is 128 Å². The molecule has 0 aromatic heterocycles. The standard InChI is InChI=1S/C17H19BrFN/c1-11-5-4-6-12(2)14(11)10-17(20-3)13-7-8-15(18)16(19)9-13/h4-9,17,20H,10H2,1-3H3. The molecule has 0 radical (unpaired) electrons. The second kappa shape index (κ2) is 6.51. The van der Waals surface area contributed by atoms with Gasteiger partial charge in [0, 0.05) is 6.04 Å². The number of rotatable bonds is 4. The SMILES string of the molecule is CNC(Cc1c(C)cccc1C)c1ccc(Br)c(F)c1. The zero-order valence-electron chi connectivity index (χ0n) is 12.0. The van der Waals surface area contributed by atoms with Gasteiger partial charge < -0.3 is 5.32 Å². The van der Waals surface area contributed by atoms with E-state index in [2.05, 4.69) is 53.3 Å². The van der Waals surface area contributed by atoms with E-state index < -0.39 is 0 Å². The summed E-state index contributed by atoms with van der Waals surface area (Å²) in [5, 5.41) is 3.29. The molecule has 20 heavy (non-hydrogen) atoms. The lowest BCUT2D eigenvalue weighted by Crippen LogP contribution is -2.20. The Morgan fingerprint density at radius 1 is 1.15 bits per heavy atom. The summed E-state index contributed by atoms with van der Waals surface area (Å²) < 4.78 is 14.2. The molecule has 1 atom stereocenters. The lowest BCUT2D eigenvalue weighted by molar-refractivity contribution is 0.573. The summed E-state index contributed by atoms with van der Waals surface area (Å²) in [7, 11) is 1.91. The summed E-state index contributed by atoms with van der Waals surface area (Å²) in [6, 6.07) is 11.7. The summed E-state index contributed by atoms with van der Waals surface area (Å²) in [4.78, 5) is 0. The summed E-state index contributed by atoms with van der Waals surface area (Å²) >= 11 is 3.20. The molecule has 1 nitrogen and oxygen atoms in total. The highest BCUT2D eigenvalue weighted by atomic mass is 79.9. The fraction of sp³-hybridized carbons (Fsp3) is 0.294. The molecule has 1 N–H and O–H groups in total. The van der Waals surface area contributed by atoms with Gasteiger partial charge in [0.1, 0.15) is 5.82 Å². The van der Waals surface area contributed by atoms with Crippen LogP contribution in [-0.2, 0) is 6.42 Å². The Morgan fingerprint density at radius 3 is 2.35 bits per heavy atom. The average Bonchev–Trinajstić information content (AvgIpc) is 2.42. The van der Waals surface area contributed by atoms with Crippen LogP contribution in [0.2, 0.25) is 0 Å². The van der Waals surface area contributed by atoms with Gasteiger partial charge in [0.05, 0.1) is 4.47 Å². The van der Waals surface area contributed by atoms with Crippen molar-refractivity contribution < 1.29 is 4.39 Å². The molecular formula is C17H19BrFN. The monoisotopic (exact) mass is 335 g/mol. The molecule has 2 aromatic rings. The van der Waals surface area contributed by atoms with Crippen LogP contribution in [0.3, 0.4) is 0 Å².